The highest BCUT2D eigenvalue weighted by molar-refractivity contribution is 6.10. The number of Topliss-reactive ketones (excluding diaryl/α,β-unsaturated/α-hetero) is 1. The molecule has 0 unspecified atom stereocenters. The number of hydrogen-bond acceptors (Lipinski definition) is 2. The number of aromatic nitrogens is 1. The summed E-state index contributed by atoms with van der Waals surface area (Å²) in [7, 11) is 0. The SMILES string of the molecule is Cc1c(C(=O)N2CCc3ccccc32)[nH]c2c1C(=O)CCC2. The Morgan fingerprint density at radius 1 is 1.18 bits per heavy atom. The minimum Gasteiger partial charge on any atom is -0.354 e. The van der Waals surface area contributed by atoms with E-state index in [4.69, 9.17) is 0 Å². The zero-order chi connectivity index (χ0) is 15.3. The number of carbonyl (C=O) groups is 2. The average molecular weight is 294 g/mol. The number of fused-ring (bicyclic) bond motifs is 2. The number of para-hydroxylation sites is 1. The second-order valence-corrected chi connectivity index (χ2v) is 6.09. The molecule has 22 heavy (non-hydrogen) atoms. The van der Waals surface area contributed by atoms with E-state index in [0.717, 1.165) is 41.8 Å². The number of nitrogens with zero attached hydrogens (tertiary/aromatic N) is 1. The van der Waals surface area contributed by atoms with Crippen molar-refractivity contribution >= 4 is 17.4 Å². The molecule has 0 atom stereocenters. The summed E-state index contributed by atoms with van der Waals surface area (Å²) < 4.78 is 0. The van der Waals surface area contributed by atoms with Gasteiger partial charge < -0.3 is 9.88 Å². The smallest absolute Gasteiger partial charge is 0.275 e. The van der Waals surface area contributed by atoms with Gasteiger partial charge in [-0.15, -0.1) is 0 Å². The molecule has 0 fully saturated rings. The summed E-state index contributed by atoms with van der Waals surface area (Å²) in [5, 5.41) is 0. The number of ketones is 1. The summed E-state index contributed by atoms with van der Waals surface area (Å²) in [6.45, 7) is 2.59. The van der Waals surface area contributed by atoms with Crippen LogP contribution in [0, 0.1) is 6.92 Å². The van der Waals surface area contributed by atoms with E-state index in [1.165, 1.54) is 5.56 Å². The van der Waals surface area contributed by atoms with Crippen LogP contribution in [-0.4, -0.2) is 23.2 Å². The van der Waals surface area contributed by atoms with Crippen LogP contribution in [0.5, 0.6) is 0 Å². The van der Waals surface area contributed by atoms with Gasteiger partial charge in [0.15, 0.2) is 5.78 Å². The third-order valence-corrected chi connectivity index (χ3v) is 4.78. The Bertz CT molecular complexity index is 788. The predicted octanol–water partition coefficient (Wildman–Crippen LogP) is 3.05. The van der Waals surface area contributed by atoms with Crippen LogP contribution in [0.2, 0.25) is 0 Å². The molecule has 1 aliphatic carbocycles. The van der Waals surface area contributed by atoms with E-state index in [1.54, 1.807) is 0 Å². The molecule has 0 saturated carbocycles. The summed E-state index contributed by atoms with van der Waals surface area (Å²) in [5.74, 6) is 0.139. The monoisotopic (exact) mass is 294 g/mol. The molecule has 1 aliphatic heterocycles. The number of aromatic amines is 1. The van der Waals surface area contributed by atoms with Gasteiger partial charge in [0, 0.05) is 29.9 Å². The van der Waals surface area contributed by atoms with E-state index in [2.05, 4.69) is 11.1 Å². The Morgan fingerprint density at radius 2 is 2.00 bits per heavy atom. The lowest BCUT2D eigenvalue weighted by molar-refractivity contribution is 0.0970. The lowest BCUT2D eigenvalue weighted by Gasteiger charge is -2.17. The van der Waals surface area contributed by atoms with Crippen molar-refractivity contribution in [2.45, 2.75) is 32.6 Å². The van der Waals surface area contributed by atoms with Gasteiger partial charge in [-0.25, -0.2) is 0 Å². The molecule has 4 nitrogen and oxygen atoms in total. The molecule has 4 rings (SSSR count). The van der Waals surface area contributed by atoms with Crippen LogP contribution in [0.4, 0.5) is 5.69 Å². The zero-order valence-corrected chi connectivity index (χ0v) is 12.6. The number of H-pyrrole nitrogens is 1. The lowest BCUT2D eigenvalue weighted by atomic mass is 9.94. The first-order chi connectivity index (χ1) is 10.7. The topological polar surface area (TPSA) is 53.2 Å². The molecule has 0 saturated heterocycles. The number of benzene rings is 1. The summed E-state index contributed by atoms with van der Waals surface area (Å²) >= 11 is 0. The fourth-order valence-electron chi connectivity index (χ4n) is 3.67. The van der Waals surface area contributed by atoms with Crippen LogP contribution < -0.4 is 4.90 Å². The first kappa shape index (κ1) is 13.3. The summed E-state index contributed by atoms with van der Waals surface area (Å²) in [6, 6.07) is 8.02. The second kappa shape index (κ2) is 4.83. The molecule has 2 heterocycles. The van der Waals surface area contributed by atoms with Gasteiger partial charge in [-0.05, 0) is 43.4 Å². The Labute approximate surface area is 129 Å². The number of nitrogens with one attached hydrogen (secondary N) is 1. The molecule has 0 radical (unpaired) electrons. The molecule has 0 bridgehead atoms. The van der Waals surface area contributed by atoms with Gasteiger partial charge in [-0.2, -0.15) is 0 Å². The maximum absolute atomic E-state index is 12.9. The maximum Gasteiger partial charge on any atom is 0.275 e. The predicted molar refractivity (Wildman–Crippen MR) is 84.6 cm³/mol. The Morgan fingerprint density at radius 3 is 2.82 bits per heavy atom. The zero-order valence-electron chi connectivity index (χ0n) is 12.6. The fraction of sp³-hybridized carbons (Fsp3) is 0.333. The van der Waals surface area contributed by atoms with Gasteiger partial charge in [0.05, 0.1) is 0 Å². The molecule has 0 spiro atoms. The standard InChI is InChI=1S/C18H18N2O2/c1-11-16-13(6-4-8-15(16)21)19-17(11)18(22)20-10-9-12-5-2-3-7-14(12)20/h2-3,5,7,19H,4,6,8-10H2,1H3. The molecule has 1 aromatic heterocycles. The maximum atomic E-state index is 12.9. The normalized spacial score (nSPS) is 16.6. The van der Waals surface area contributed by atoms with E-state index in [9.17, 15) is 9.59 Å². The largest absolute Gasteiger partial charge is 0.354 e. The van der Waals surface area contributed by atoms with Crippen LogP contribution in [0.3, 0.4) is 0 Å². The molecule has 2 aliphatic rings. The first-order valence-corrected chi connectivity index (χ1v) is 7.81. The van der Waals surface area contributed by atoms with Gasteiger partial charge in [-0.1, -0.05) is 18.2 Å². The minimum atomic E-state index is -0.0235. The highest BCUT2D eigenvalue weighted by atomic mass is 16.2. The van der Waals surface area contributed by atoms with Crippen LogP contribution in [0.25, 0.3) is 0 Å². The second-order valence-electron chi connectivity index (χ2n) is 6.09. The molecule has 112 valence electrons. The highest BCUT2D eigenvalue weighted by Crippen LogP contribution is 2.31. The van der Waals surface area contributed by atoms with Gasteiger partial charge >= 0.3 is 0 Å². The third-order valence-electron chi connectivity index (χ3n) is 4.78. The number of carbonyl (C=O) groups excluding carboxylic acids is 2. The third kappa shape index (κ3) is 1.83. The number of rotatable bonds is 1. The molecule has 1 aromatic carbocycles. The van der Waals surface area contributed by atoms with Gasteiger partial charge in [0.25, 0.3) is 5.91 Å². The Balaban J connectivity index is 1.75. The van der Waals surface area contributed by atoms with Crippen LogP contribution >= 0.6 is 0 Å². The first-order valence-electron chi connectivity index (χ1n) is 7.81. The summed E-state index contributed by atoms with van der Waals surface area (Å²) in [6.07, 6.45) is 3.20. The van der Waals surface area contributed by atoms with Gasteiger partial charge in [0.2, 0.25) is 0 Å². The molecule has 1 amide bonds. The average Bonchev–Trinajstić information content (AvgIpc) is 3.09. The van der Waals surface area contributed by atoms with Crippen molar-refractivity contribution in [2.24, 2.45) is 0 Å². The number of hydrogen-bond donors (Lipinski definition) is 1. The summed E-state index contributed by atoms with van der Waals surface area (Å²) in [5.41, 5.74) is 5.28. The van der Waals surface area contributed by atoms with E-state index in [0.29, 0.717) is 18.7 Å². The van der Waals surface area contributed by atoms with Crippen molar-refractivity contribution in [3.8, 4) is 0 Å². The van der Waals surface area contributed by atoms with E-state index < -0.39 is 0 Å². The van der Waals surface area contributed by atoms with Crippen LogP contribution in [0.15, 0.2) is 24.3 Å². The van der Waals surface area contributed by atoms with Gasteiger partial charge in [-0.3, -0.25) is 9.59 Å². The summed E-state index contributed by atoms with van der Waals surface area (Å²) in [4.78, 5) is 30.1. The highest BCUT2D eigenvalue weighted by Gasteiger charge is 2.31. The molecule has 4 heteroatoms. The van der Waals surface area contributed by atoms with E-state index in [1.807, 2.05) is 30.0 Å². The number of anilines is 1. The van der Waals surface area contributed by atoms with Crippen LogP contribution in [-0.2, 0) is 12.8 Å². The van der Waals surface area contributed by atoms with E-state index >= 15 is 0 Å². The van der Waals surface area contributed by atoms with Crippen molar-refractivity contribution < 1.29 is 9.59 Å². The van der Waals surface area contributed by atoms with Gasteiger partial charge in [0.1, 0.15) is 5.69 Å². The van der Waals surface area contributed by atoms with Crippen LogP contribution in [0.1, 0.15) is 50.5 Å². The molecular formula is C18H18N2O2. The fourth-order valence-corrected chi connectivity index (χ4v) is 3.67. The van der Waals surface area contributed by atoms with Crippen molar-refractivity contribution in [3.63, 3.8) is 0 Å². The number of amides is 1. The minimum absolute atomic E-state index is 0.0235. The quantitative estimate of drug-likeness (QED) is 0.879. The van der Waals surface area contributed by atoms with Crippen molar-refractivity contribution in [3.05, 3.63) is 52.3 Å². The van der Waals surface area contributed by atoms with E-state index in [-0.39, 0.29) is 11.7 Å². The number of aryl methyl sites for hydroxylation is 1. The van der Waals surface area contributed by atoms with Crippen molar-refractivity contribution in [2.75, 3.05) is 11.4 Å². The Hall–Kier alpha value is -2.36. The van der Waals surface area contributed by atoms with Crippen molar-refractivity contribution in [1.29, 1.82) is 0 Å². The Kier molecular flexibility index (Phi) is 2.93. The molecular weight excluding hydrogens is 276 g/mol. The van der Waals surface area contributed by atoms with Crippen molar-refractivity contribution in [1.82, 2.24) is 4.98 Å². The molecule has 1 N–H and O–H groups in total. The molecule has 2 aromatic rings. The lowest BCUT2D eigenvalue weighted by Crippen LogP contribution is -2.29.